The smallest absolute Gasteiger partial charge is 0.419 e. The van der Waals surface area contributed by atoms with Crippen LogP contribution in [0.3, 0.4) is 0 Å². The van der Waals surface area contributed by atoms with Gasteiger partial charge in [0.1, 0.15) is 5.60 Å². The molecule has 1 atom stereocenters. The van der Waals surface area contributed by atoms with E-state index in [4.69, 9.17) is 4.74 Å². The van der Waals surface area contributed by atoms with Crippen LogP contribution < -0.4 is 9.03 Å². The number of piperidine rings is 1. The molecule has 1 aromatic rings. The number of hydrogen-bond donors (Lipinski definition) is 1. The molecule has 1 aliphatic heterocycles. The molecule has 0 spiro atoms. The van der Waals surface area contributed by atoms with E-state index in [1.54, 1.807) is 0 Å². The zero-order chi connectivity index (χ0) is 18.0. The molecule has 1 unspecified atom stereocenters. The van der Waals surface area contributed by atoms with Crippen LogP contribution in [0.1, 0.15) is 52.5 Å². The van der Waals surface area contributed by atoms with Crippen LogP contribution in [-0.2, 0) is 4.74 Å². The minimum atomic E-state index is -0.503. The number of hydrogen-bond acceptors (Lipinski definition) is 6. The Morgan fingerprint density at radius 3 is 2.80 bits per heavy atom. The Morgan fingerprint density at radius 1 is 1.40 bits per heavy atom. The molecule has 2 heterocycles. The summed E-state index contributed by atoms with van der Waals surface area (Å²) in [5.41, 5.74) is 0.533. The van der Waals surface area contributed by atoms with Gasteiger partial charge in [0.05, 0.1) is 36.1 Å². The normalized spacial score (nSPS) is 21.8. The molecule has 7 nitrogen and oxygen atoms in total. The van der Waals surface area contributed by atoms with Crippen LogP contribution in [-0.4, -0.2) is 52.6 Å². The quantitative estimate of drug-likeness (QED) is 0.807. The molecule has 1 aromatic heterocycles. The lowest BCUT2D eigenvalue weighted by Gasteiger charge is -2.37. The Balaban J connectivity index is 1.68. The average Bonchev–Trinajstić information content (AvgIpc) is 3.25. The first kappa shape index (κ1) is 18.4. The van der Waals surface area contributed by atoms with Crippen molar-refractivity contribution in [3.63, 3.8) is 0 Å². The van der Waals surface area contributed by atoms with E-state index < -0.39 is 11.7 Å². The molecular formula is C17H29N5O2S. The van der Waals surface area contributed by atoms with Crippen molar-refractivity contribution in [3.8, 4) is 0 Å². The van der Waals surface area contributed by atoms with E-state index in [1.165, 1.54) is 25.0 Å². The maximum absolute atomic E-state index is 12.1. The predicted molar refractivity (Wildman–Crippen MR) is 100 cm³/mol. The highest BCUT2D eigenvalue weighted by Crippen LogP contribution is 2.36. The van der Waals surface area contributed by atoms with Crippen LogP contribution in [0.2, 0.25) is 0 Å². The van der Waals surface area contributed by atoms with E-state index >= 15 is 0 Å². The fraction of sp³-hybridized carbons (Fsp3) is 0.765. The van der Waals surface area contributed by atoms with Crippen molar-refractivity contribution in [2.24, 2.45) is 0 Å². The van der Waals surface area contributed by atoms with E-state index in [0.29, 0.717) is 12.1 Å². The van der Waals surface area contributed by atoms with Crippen LogP contribution >= 0.6 is 12.1 Å². The van der Waals surface area contributed by atoms with Gasteiger partial charge in [0.15, 0.2) is 0 Å². The van der Waals surface area contributed by atoms with Crippen LogP contribution in [0.15, 0.2) is 12.4 Å². The average molecular weight is 368 g/mol. The number of amides is 1. The number of likely N-dealkylation sites (N-methyl/N-ethyl adjacent to an activating group) is 1. The minimum Gasteiger partial charge on any atom is -0.443 e. The molecule has 1 N–H and O–H groups in total. The second-order valence-corrected chi connectivity index (χ2v) is 8.77. The molecule has 8 heteroatoms. The number of carbonyl (C=O) groups excluding carboxylic acids is 1. The van der Waals surface area contributed by atoms with Gasteiger partial charge < -0.3 is 9.64 Å². The number of rotatable bonds is 5. The number of anilines is 1. The molecule has 1 amide bonds. The highest BCUT2D eigenvalue weighted by molar-refractivity contribution is 7.99. The molecule has 140 valence electrons. The van der Waals surface area contributed by atoms with Crippen molar-refractivity contribution in [1.82, 2.24) is 19.4 Å². The van der Waals surface area contributed by atoms with Gasteiger partial charge in [0.2, 0.25) is 0 Å². The van der Waals surface area contributed by atoms with E-state index in [0.717, 1.165) is 31.6 Å². The zero-order valence-corrected chi connectivity index (χ0v) is 16.4. The van der Waals surface area contributed by atoms with Gasteiger partial charge in [-0.25, -0.2) is 9.52 Å². The van der Waals surface area contributed by atoms with E-state index in [2.05, 4.69) is 32.3 Å². The summed E-state index contributed by atoms with van der Waals surface area (Å²) >= 11 is 1.31. The Kier molecular flexibility index (Phi) is 5.48. The highest BCUT2D eigenvalue weighted by atomic mass is 32.2. The predicted octanol–water partition coefficient (Wildman–Crippen LogP) is 3.21. The van der Waals surface area contributed by atoms with Crippen molar-refractivity contribution in [2.75, 3.05) is 24.4 Å². The maximum Gasteiger partial charge on any atom is 0.419 e. The second-order valence-electron chi connectivity index (χ2n) is 7.99. The monoisotopic (exact) mass is 367 g/mol. The fourth-order valence-electron chi connectivity index (χ4n) is 3.03. The molecule has 0 aromatic carbocycles. The molecule has 1 saturated heterocycles. The van der Waals surface area contributed by atoms with Gasteiger partial charge in [-0.2, -0.15) is 5.10 Å². The van der Waals surface area contributed by atoms with Gasteiger partial charge in [0, 0.05) is 12.7 Å². The Hall–Kier alpha value is -1.41. The number of ether oxygens (including phenoxy) is 1. The third-order valence-corrected chi connectivity index (χ3v) is 5.28. The van der Waals surface area contributed by atoms with Crippen molar-refractivity contribution < 1.29 is 9.53 Å². The lowest BCUT2D eigenvalue weighted by atomic mass is 10.1. The summed E-state index contributed by atoms with van der Waals surface area (Å²) in [7, 11) is 2.14. The largest absolute Gasteiger partial charge is 0.443 e. The van der Waals surface area contributed by atoms with Gasteiger partial charge in [0.25, 0.3) is 0 Å². The number of nitrogens with one attached hydrogen (secondary N) is 1. The summed E-state index contributed by atoms with van der Waals surface area (Å²) in [5.74, 6) is 0. The second kappa shape index (κ2) is 7.45. The van der Waals surface area contributed by atoms with E-state index in [-0.39, 0.29) is 0 Å². The first-order valence-corrected chi connectivity index (χ1v) is 9.77. The van der Waals surface area contributed by atoms with Gasteiger partial charge in [-0.3, -0.25) is 8.99 Å². The Morgan fingerprint density at radius 2 is 2.16 bits per heavy atom. The summed E-state index contributed by atoms with van der Waals surface area (Å²) < 4.78 is 12.4. The molecular weight excluding hydrogens is 338 g/mol. The summed E-state index contributed by atoms with van der Waals surface area (Å²) in [6.07, 6.45) is 8.24. The summed E-state index contributed by atoms with van der Waals surface area (Å²) in [5, 5.41) is 4.50. The highest BCUT2D eigenvalue weighted by Gasteiger charge is 2.29. The number of nitrogens with zero attached hydrogens (tertiary/aromatic N) is 4. The van der Waals surface area contributed by atoms with Gasteiger partial charge in [-0.15, -0.1) is 0 Å². The summed E-state index contributed by atoms with van der Waals surface area (Å²) in [6, 6.07) is 0.879. The SMILES string of the molecule is CN1CCCC(N(SNC(=O)OC(C)(C)C)c2cnn(C3CC3)c2)C1. The van der Waals surface area contributed by atoms with Crippen molar-refractivity contribution in [3.05, 3.63) is 12.4 Å². The first-order chi connectivity index (χ1) is 11.8. The maximum atomic E-state index is 12.1. The number of likely N-dealkylation sites (tertiary alicyclic amines) is 1. The van der Waals surface area contributed by atoms with Gasteiger partial charge in [-0.1, -0.05) is 0 Å². The van der Waals surface area contributed by atoms with E-state index in [9.17, 15) is 4.79 Å². The summed E-state index contributed by atoms with van der Waals surface area (Å²) in [6.45, 7) is 7.69. The molecule has 1 aliphatic carbocycles. The molecule has 3 rings (SSSR count). The van der Waals surface area contributed by atoms with Crippen molar-refractivity contribution in [1.29, 1.82) is 0 Å². The lowest BCUT2D eigenvalue weighted by molar-refractivity contribution is 0.0574. The first-order valence-electron chi connectivity index (χ1n) is 9.00. The molecule has 2 fully saturated rings. The number of aromatic nitrogens is 2. The Bertz CT molecular complexity index is 596. The van der Waals surface area contributed by atoms with Crippen LogP contribution in [0, 0.1) is 0 Å². The molecule has 2 aliphatic rings. The minimum absolute atomic E-state index is 0.329. The van der Waals surface area contributed by atoms with Gasteiger partial charge >= 0.3 is 6.09 Å². The lowest BCUT2D eigenvalue weighted by Crippen LogP contribution is -2.45. The van der Waals surface area contributed by atoms with Crippen LogP contribution in [0.25, 0.3) is 0 Å². The zero-order valence-electron chi connectivity index (χ0n) is 15.6. The Labute approximate surface area is 154 Å². The topological polar surface area (TPSA) is 62.6 Å². The van der Waals surface area contributed by atoms with Crippen molar-refractivity contribution in [2.45, 2.75) is 64.1 Å². The molecule has 0 bridgehead atoms. The summed E-state index contributed by atoms with van der Waals surface area (Å²) in [4.78, 5) is 14.4. The molecule has 0 radical (unpaired) electrons. The van der Waals surface area contributed by atoms with Crippen LogP contribution in [0.4, 0.5) is 10.5 Å². The van der Waals surface area contributed by atoms with E-state index in [1.807, 2.05) is 31.6 Å². The van der Waals surface area contributed by atoms with Crippen LogP contribution in [0.5, 0.6) is 0 Å². The van der Waals surface area contributed by atoms with Crippen molar-refractivity contribution >= 4 is 23.9 Å². The molecule has 1 saturated carbocycles. The molecule has 25 heavy (non-hydrogen) atoms. The standard InChI is InChI=1S/C17H29N5O2S/c1-17(2,3)24-16(23)19-25-22(14-6-5-9-20(4)11-14)15-10-18-21(12-15)13-7-8-13/h10,12-14H,5-9,11H2,1-4H3,(H,19,23). The number of carbonyl (C=O) groups is 1. The fourth-order valence-corrected chi connectivity index (χ4v) is 3.77. The third kappa shape index (κ3) is 5.28. The third-order valence-electron chi connectivity index (χ3n) is 4.32. The van der Waals surface area contributed by atoms with Gasteiger partial charge in [-0.05, 0) is 60.0 Å².